The molecule has 0 spiro atoms. The number of amides is 1. The number of carbonyl (C=O) groups excluding carboxylic acids is 1. The number of rotatable bonds is 6. The van der Waals surface area contributed by atoms with Gasteiger partial charge in [0.25, 0.3) is 5.91 Å². The monoisotopic (exact) mass is 304 g/mol. The molecule has 0 aliphatic carbocycles. The molecular formula is C16H20N2O2S. The summed E-state index contributed by atoms with van der Waals surface area (Å²) in [6, 6.07) is 5.82. The van der Waals surface area contributed by atoms with Gasteiger partial charge >= 0.3 is 0 Å². The number of nitrogens with zero attached hydrogens (tertiary/aromatic N) is 1. The van der Waals surface area contributed by atoms with E-state index >= 15 is 0 Å². The number of hydrogen-bond acceptors (Lipinski definition) is 4. The molecule has 2 aromatic rings. The topological polar surface area (TPSA) is 51.2 Å². The van der Waals surface area contributed by atoms with Gasteiger partial charge in [0.2, 0.25) is 0 Å². The Morgan fingerprint density at radius 3 is 2.76 bits per heavy atom. The van der Waals surface area contributed by atoms with Crippen molar-refractivity contribution in [3.05, 3.63) is 45.4 Å². The fourth-order valence-corrected chi connectivity index (χ4v) is 2.50. The van der Waals surface area contributed by atoms with E-state index in [1.807, 2.05) is 44.4 Å². The lowest BCUT2D eigenvalue weighted by Crippen LogP contribution is -2.30. The molecule has 112 valence electrons. The number of ether oxygens (including phenoxy) is 1. The number of benzene rings is 1. The van der Waals surface area contributed by atoms with E-state index in [1.54, 1.807) is 11.3 Å². The first-order chi connectivity index (χ1) is 10.0. The van der Waals surface area contributed by atoms with E-state index in [9.17, 15) is 4.79 Å². The van der Waals surface area contributed by atoms with Gasteiger partial charge in [0, 0.05) is 18.3 Å². The van der Waals surface area contributed by atoms with Crippen LogP contribution in [0.3, 0.4) is 0 Å². The van der Waals surface area contributed by atoms with Crippen LogP contribution in [0.1, 0.15) is 21.8 Å². The molecule has 4 nitrogen and oxygen atoms in total. The summed E-state index contributed by atoms with van der Waals surface area (Å²) in [5.74, 6) is 0.614. The summed E-state index contributed by atoms with van der Waals surface area (Å²) < 4.78 is 5.48. The summed E-state index contributed by atoms with van der Waals surface area (Å²) in [4.78, 5) is 16.1. The molecule has 0 aliphatic rings. The second-order valence-corrected chi connectivity index (χ2v) is 6.05. The minimum Gasteiger partial charge on any atom is -0.484 e. The van der Waals surface area contributed by atoms with Crippen LogP contribution in [0.5, 0.6) is 5.75 Å². The molecule has 1 amide bonds. The Labute approximate surface area is 129 Å². The zero-order chi connectivity index (χ0) is 15.2. The highest BCUT2D eigenvalue weighted by Crippen LogP contribution is 2.16. The Bertz CT molecular complexity index is 622. The van der Waals surface area contributed by atoms with Crippen molar-refractivity contribution in [1.29, 1.82) is 0 Å². The molecule has 0 radical (unpaired) electrons. The van der Waals surface area contributed by atoms with E-state index in [0.717, 1.165) is 28.4 Å². The van der Waals surface area contributed by atoms with E-state index < -0.39 is 0 Å². The highest BCUT2D eigenvalue weighted by Gasteiger charge is 2.04. The molecule has 0 saturated heterocycles. The van der Waals surface area contributed by atoms with Crippen LogP contribution >= 0.6 is 11.3 Å². The van der Waals surface area contributed by atoms with Crippen molar-refractivity contribution in [2.45, 2.75) is 27.2 Å². The van der Waals surface area contributed by atoms with E-state index in [4.69, 9.17) is 4.74 Å². The molecule has 1 aromatic carbocycles. The lowest BCUT2D eigenvalue weighted by molar-refractivity contribution is -0.123. The molecule has 2 rings (SSSR count). The minimum absolute atomic E-state index is 0.0403. The number of hydrogen-bond donors (Lipinski definition) is 1. The molecule has 5 heteroatoms. The normalized spacial score (nSPS) is 10.4. The van der Waals surface area contributed by atoms with Gasteiger partial charge in [-0.2, -0.15) is 0 Å². The number of thiazole rings is 1. The van der Waals surface area contributed by atoms with Crippen molar-refractivity contribution >= 4 is 17.2 Å². The molecule has 1 aromatic heterocycles. The third-order valence-corrected chi connectivity index (χ3v) is 4.04. The third-order valence-electron chi connectivity index (χ3n) is 3.22. The number of aryl methyl sites for hydroxylation is 3. The molecule has 0 bridgehead atoms. The average molecular weight is 304 g/mol. The van der Waals surface area contributed by atoms with E-state index in [1.165, 1.54) is 5.56 Å². The Hall–Kier alpha value is -1.88. The van der Waals surface area contributed by atoms with Crippen LogP contribution < -0.4 is 10.1 Å². The molecule has 0 aliphatic heterocycles. The maximum Gasteiger partial charge on any atom is 0.257 e. The van der Waals surface area contributed by atoms with Gasteiger partial charge < -0.3 is 10.1 Å². The van der Waals surface area contributed by atoms with Gasteiger partial charge in [0.1, 0.15) is 5.75 Å². The van der Waals surface area contributed by atoms with E-state index in [-0.39, 0.29) is 12.5 Å². The fourth-order valence-electron chi connectivity index (χ4n) is 1.86. The van der Waals surface area contributed by atoms with Crippen molar-refractivity contribution in [3.63, 3.8) is 0 Å². The zero-order valence-corrected chi connectivity index (χ0v) is 13.4. The van der Waals surface area contributed by atoms with Crippen LogP contribution in [0.2, 0.25) is 0 Å². The largest absolute Gasteiger partial charge is 0.484 e. The summed E-state index contributed by atoms with van der Waals surface area (Å²) in [5, 5.41) is 5.91. The smallest absolute Gasteiger partial charge is 0.257 e. The highest BCUT2D eigenvalue weighted by atomic mass is 32.1. The van der Waals surface area contributed by atoms with Crippen molar-refractivity contribution in [2.75, 3.05) is 13.2 Å². The van der Waals surface area contributed by atoms with Crippen LogP contribution in [-0.2, 0) is 11.2 Å². The number of aromatic nitrogens is 1. The Kier molecular flexibility index (Phi) is 5.33. The minimum atomic E-state index is -0.111. The Morgan fingerprint density at radius 1 is 1.29 bits per heavy atom. The number of nitrogens with one attached hydrogen (secondary N) is 1. The highest BCUT2D eigenvalue weighted by molar-refractivity contribution is 7.09. The maximum atomic E-state index is 11.7. The fraction of sp³-hybridized carbons (Fsp3) is 0.375. The molecule has 21 heavy (non-hydrogen) atoms. The lowest BCUT2D eigenvalue weighted by atomic mass is 10.1. The standard InChI is InChI=1S/C16H20N2O2S/c1-11-4-5-15(8-12(11)2)20-9-16(19)17-7-6-14-10-21-13(3)18-14/h4-5,8,10H,6-7,9H2,1-3H3,(H,17,19). The second kappa shape index (κ2) is 7.22. The number of carbonyl (C=O) groups is 1. The average Bonchev–Trinajstić information content (AvgIpc) is 2.86. The summed E-state index contributed by atoms with van der Waals surface area (Å²) >= 11 is 1.62. The SMILES string of the molecule is Cc1nc(CCNC(=O)COc2ccc(C)c(C)c2)cs1. The van der Waals surface area contributed by atoms with Gasteiger partial charge in [-0.15, -0.1) is 11.3 Å². The van der Waals surface area contributed by atoms with Crippen molar-refractivity contribution < 1.29 is 9.53 Å². The van der Waals surface area contributed by atoms with Gasteiger partial charge in [0.15, 0.2) is 6.61 Å². The molecule has 0 unspecified atom stereocenters. The van der Waals surface area contributed by atoms with Gasteiger partial charge in [-0.3, -0.25) is 4.79 Å². The summed E-state index contributed by atoms with van der Waals surface area (Å²) in [6.45, 7) is 6.67. The van der Waals surface area contributed by atoms with Crippen LogP contribution in [0, 0.1) is 20.8 Å². The van der Waals surface area contributed by atoms with Crippen molar-refractivity contribution in [3.8, 4) is 5.75 Å². The molecule has 0 saturated carbocycles. The predicted molar refractivity (Wildman–Crippen MR) is 85.0 cm³/mol. The van der Waals surface area contributed by atoms with Crippen molar-refractivity contribution in [2.24, 2.45) is 0 Å². The van der Waals surface area contributed by atoms with Gasteiger partial charge in [-0.05, 0) is 44.0 Å². The van der Waals surface area contributed by atoms with Gasteiger partial charge in [0.05, 0.1) is 10.7 Å². The summed E-state index contributed by atoms with van der Waals surface area (Å²) in [5.41, 5.74) is 3.39. The first-order valence-corrected chi connectivity index (χ1v) is 7.80. The molecule has 0 atom stereocenters. The first kappa shape index (κ1) is 15.5. The quantitative estimate of drug-likeness (QED) is 0.893. The zero-order valence-electron chi connectivity index (χ0n) is 12.6. The Balaban J connectivity index is 1.70. The second-order valence-electron chi connectivity index (χ2n) is 4.99. The summed E-state index contributed by atoms with van der Waals surface area (Å²) in [7, 11) is 0. The van der Waals surface area contributed by atoms with Gasteiger partial charge in [-0.25, -0.2) is 4.98 Å². The molecular weight excluding hydrogens is 284 g/mol. The first-order valence-electron chi connectivity index (χ1n) is 6.92. The Morgan fingerprint density at radius 2 is 2.10 bits per heavy atom. The van der Waals surface area contributed by atoms with Crippen LogP contribution in [0.15, 0.2) is 23.6 Å². The van der Waals surface area contributed by atoms with Crippen molar-refractivity contribution in [1.82, 2.24) is 10.3 Å². The van der Waals surface area contributed by atoms with E-state index in [0.29, 0.717) is 6.54 Å². The maximum absolute atomic E-state index is 11.7. The molecule has 0 fully saturated rings. The summed E-state index contributed by atoms with van der Waals surface area (Å²) in [6.07, 6.45) is 0.750. The molecule has 1 N–H and O–H groups in total. The molecule has 1 heterocycles. The van der Waals surface area contributed by atoms with Crippen LogP contribution in [0.25, 0.3) is 0 Å². The van der Waals surface area contributed by atoms with Crippen LogP contribution in [0.4, 0.5) is 0 Å². The third kappa shape index (κ3) is 4.86. The lowest BCUT2D eigenvalue weighted by Gasteiger charge is -2.08. The van der Waals surface area contributed by atoms with Gasteiger partial charge in [-0.1, -0.05) is 6.07 Å². The predicted octanol–water partition coefficient (Wildman–Crippen LogP) is 2.81. The van der Waals surface area contributed by atoms with E-state index in [2.05, 4.69) is 10.3 Å². The van der Waals surface area contributed by atoms with Crippen LogP contribution in [-0.4, -0.2) is 24.0 Å².